The monoisotopic (exact) mass is 450 g/mol. The Bertz CT molecular complexity index is 1050. The standard InChI is InChI=1S/C26H31FN4O2/c27-24-12-17(25(32)30-15-20-3-1-2-9-29-20)5-7-21(24)22-13-23(22)26(33)31-19-6-4-18-14-28-10-8-16(18)11-19/h4-7,11-12,20,22-23,28-29H,1-3,8-10,13-15H2,(H,30,32)(H,31,33). The van der Waals surface area contributed by atoms with Crippen molar-refractivity contribution in [1.29, 1.82) is 0 Å². The Kier molecular flexibility index (Phi) is 6.42. The molecule has 6 nitrogen and oxygen atoms in total. The Morgan fingerprint density at radius 1 is 1.06 bits per heavy atom. The van der Waals surface area contributed by atoms with E-state index in [0.29, 0.717) is 24.1 Å². The zero-order chi connectivity index (χ0) is 22.8. The van der Waals surface area contributed by atoms with Gasteiger partial charge in [-0.1, -0.05) is 18.6 Å². The van der Waals surface area contributed by atoms with Crippen molar-refractivity contribution in [2.75, 3.05) is 25.0 Å². The number of carbonyl (C=O) groups excluding carboxylic acids is 2. The lowest BCUT2D eigenvalue weighted by molar-refractivity contribution is -0.117. The molecule has 3 aliphatic rings. The van der Waals surface area contributed by atoms with Crippen molar-refractivity contribution >= 4 is 17.5 Å². The average Bonchev–Trinajstić information content (AvgIpc) is 3.64. The first-order valence-electron chi connectivity index (χ1n) is 12.0. The van der Waals surface area contributed by atoms with Gasteiger partial charge in [-0.05, 0) is 85.6 Å². The lowest BCUT2D eigenvalue weighted by Crippen LogP contribution is -2.43. The molecule has 5 rings (SSSR count). The van der Waals surface area contributed by atoms with Gasteiger partial charge in [0.25, 0.3) is 5.91 Å². The number of carbonyl (C=O) groups is 2. The van der Waals surface area contributed by atoms with Gasteiger partial charge in [0.05, 0.1) is 0 Å². The molecule has 174 valence electrons. The van der Waals surface area contributed by atoms with Crippen molar-refractivity contribution in [3.05, 3.63) is 64.5 Å². The maximum atomic E-state index is 14.8. The van der Waals surface area contributed by atoms with Crippen LogP contribution in [0.5, 0.6) is 0 Å². The Morgan fingerprint density at radius 2 is 1.97 bits per heavy atom. The summed E-state index contributed by atoms with van der Waals surface area (Å²) in [5, 5.41) is 12.6. The number of amides is 2. The van der Waals surface area contributed by atoms with Crippen molar-refractivity contribution in [2.45, 2.75) is 50.6 Å². The molecule has 2 aliphatic heterocycles. The van der Waals surface area contributed by atoms with Gasteiger partial charge in [-0.15, -0.1) is 0 Å². The molecule has 2 heterocycles. The SMILES string of the molecule is O=C(NCC1CCCCN1)c1ccc(C2CC2C(=O)Nc2ccc3c(c2)CCNC3)c(F)c1. The zero-order valence-corrected chi connectivity index (χ0v) is 18.8. The van der Waals surface area contributed by atoms with E-state index in [0.717, 1.165) is 44.6 Å². The molecular weight excluding hydrogens is 419 g/mol. The van der Waals surface area contributed by atoms with E-state index in [2.05, 4.69) is 27.3 Å². The van der Waals surface area contributed by atoms with Crippen LogP contribution in [0.15, 0.2) is 36.4 Å². The van der Waals surface area contributed by atoms with E-state index in [1.807, 2.05) is 12.1 Å². The molecule has 0 aromatic heterocycles. The first-order chi connectivity index (χ1) is 16.1. The fourth-order valence-corrected chi connectivity index (χ4v) is 5.00. The van der Waals surface area contributed by atoms with E-state index >= 15 is 0 Å². The van der Waals surface area contributed by atoms with Gasteiger partial charge in [-0.2, -0.15) is 0 Å². The lowest BCUT2D eigenvalue weighted by atomic mass is 10.0. The third kappa shape index (κ3) is 5.09. The smallest absolute Gasteiger partial charge is 0.251 e. The molecule has 0 spiro atoms. The van der Waals surface area contributed by atoms with Gasteiger partial charge in [0.2, 0.25) is 5.91 Å². The Morgan fingerprint density at radius 3 is 2.79 bits per heavy atom. The van der Waals surface area contributed by atoms with Crippen LogP contribution in [0.3, 0.4) is 0 Å². The molecule has 1 saturated carbocycles. The number of fused-ring (bicyclic) bond motifs is 1. The van der Waals surface area contributed by atoms with Crippen LogP contribution in [0.25, 0.3) is 0 Å². The van der Waals surface area contributed by atoms with Crippen molar-refractivity contribution in [1.82, 2.24) is 16.0 Å². The maximum absolute atomic E-state index is 14.8. The van der Waals surface area contributed by atoms with Gasteiger partial charge in [-0.3, -0.25) is 9.59 Å². The second-order valence-electron chi connectivity index (χ2n) is 9.44. The molecule has 1 saturated heterocycles. The van der Waals surface area contributed by atoms with Gasteiger partial charge in [-0.25, -0.2) is 4.39 Å². The second-order valence-corrected chi connectivity index (χ2v) is 9.44. The predicted octanol–water partition coefficient (Wildman–Crippen LogP) is 3.09. The highest BCUT2D eigenvalue weighted by Gasteiger charge is 2.45. The summed E-state index contributed by atoms with van der Waals surface area (Å²) in [7, 11) is 0. The molecule has 7 heteroatoms. The number of rotatable bonds is 6. The van der Waals surface area contributed by atoms with Gasteiger partial charge >= 0.3 is 0 Å². The van der Waals surface area contributed by atoms with Crippen LogP contribution in [0.4, 0.5) is 10.1 Å². The van der Waals surface area contributed by atoms with E-state index in [-0.39, 0.29) is 29.7 Å². The number of hydrogen-bond acceptors (Lipinski definition) is 4. The molecule has 1 aliphatic carbocycles. The summed E-state index contributed by atoms with van der Waals surface area (Å²) in [6.07, 6.45) is 4.95. The normalized spacial score (nSPS) is 24.0. The van der Waals surface area contributed by atoms with Crippen molar-refractivity contribution < 1.29 is 14.0 Å². The molecular formula is C26H31FN4O2. The van der Waals surface area contributed by atoms with Crippen LogP contribution in [-0.4, -0.2) is 37.5 Å². The number of benzene rings is 2. The average molecular weight is 451 g/mol. The minimum atomic E-state index is -0.417. The molecule has 3 unspecified atom stereocenters. The highest BCUT2D eigenvalue weighted by molar-refractivity contribution is 5.96. The van der Waals surface area contributed by atoms with Gasteiger partial charge in [0, 0.05) is 36.3 Å². The van der Waals surface area contributed by atoms with E-state index in [9.17, 15) is 14.0 Å². The molecule has 2 aromatic carbocycles. The third-order valence-corrected chi connectivity index (χ3v) is 7.07. The largest absolute Gasteiger partial charge is 0.350 e. The summed E-state index contributed by atoms with van der Waals surface area (Å²) in [4.78, 5) is 25.2. The highest BCUT2D eigenvalue weighted by Crippen LogP contribution is 2.49. The predicted molar refractivity (Wildman–Crippen MR) is 126 cm³/mol. The van der Waals surface area contributed by atoms with Crippen molar-refractivity contribution in [3.8, 4) is 0 Å². The van der Waals surface area contributed by atoms with Crippen molar-refractivity contribution in [2.24, 2.45) is 5.92 Å². The zero-order valence-electron chi connectivity index (χ0n) is 18.8. The van der Waals surface area contributed by atoms with E-state index in [4.69, 9.17) is 0 Å². The van der Waals surface area contributed by atoms with Crippen LogP contribution in [0.2, 0.25) is 0 Å². The Hall–Kier alpha value is -2.77. The number of anilines is 1. The maximum Gasteiger partial charge on any atom is 0.251 e. The Balaban J connectivity index is 1.17. The van der Waals surface area contributed by atoms with Crippen LogP contribution in [-0.2, 0) is 17.8 Å². The summed E-state index contributed by atoms with van der Waals surface area (Å²) in [6, 6.07) is 10.9. The van der Waals surface area contributed by atoms with Gasteiger partial charge in [0.15, 0.2) is 0 Å². The topological polar surface area (TPSA) is 82.3 Å². The fourth-order valence-electron chi connectivity index (χ4n) is 5.00. The summed E-state index contributed by atoms with van der Waals surface area (Å²) in [6.45, 7) is 3.33. The first kappa shape index (κ1) is 22.0. The molecule has 0 radical (unpaired) electrons. The number of piperidine rings is 1. The molecule has 0 bridgehead atoms. The second kappa shape index (κ2) is 9.61. The number of hydrogen-bond donors (Lipinski definition) is 4. The first-order valence-corrected chi connectivity index (χ1v) is 12.0. The molecule has 33 heavy (non-hydrogen) atoms. The Labute approximate surface area is 193 Å². The minimum absolute atomic E-state index is 0.0740. The fraction of sp³-hybridized carbons (Fsp3) is 0.462. The molecule has 4 N–H and O–H groups in total. The van der Waals surface area contributed by atoms with E-state index < -0.39 is 5.82 Å². The molecule has 2 fully saturated rings. The minimum Gasteiger partial charge on any atom is -0.350 e. The lowest BCUT2D eigenvalue weighted by Gasteiger charge is -2.23. The molecule has 3 atom stereocenters. The van der Waals surface area contributed by atoms with Crippen molar-refractivity contribution in [3.63, 3.8) is 0 Å². The molecule has 2 amide bonds. The van der Waals surface area contributed by atoms with Gasteiger partial charge < -0.3 is 21.3 Å². The van der Waals surface area contributed by atoms with Crippen LogP contribution in [0, 0.1) is 11.7 Å². The number of nitrogens with one attached hydrogen (secondary N) is 4. The third-order valence-electron chi connectivity index (χ3n) is 7.07. The quantitative estimate of drug-likeness (QED) is 0.545. The van der Waals surface area contributed by atoms with E-state index in [1.165, 1.54) is 23.6 Å². The summed E-state index contributed by atoms with van der Waals surface area (Å²) in [5.41, 5.74) is 4.16. The summed E-state index contributed by atoms with van der Waals surface area (Å²) in [5.74, 6) is -1.14. The highest BCUT2D eigenvalue weighted by atomic mass is 19.1. The number of halogens is 1. The van der Waals surface area contributed by atoms with Crippen LogP contribution < -0.4 is 21.3 Å². The van der Waals surface area contributed by atoms with Crippen LogP contribution in [0.1, 0.15) is 58.6 Å². The van der Waals surface area contributed by atoms with E-state index in [1.54, 1.807) is 12.1 Å². The van der Waals surface area contributed by atoms with Gasteiger partial charge in [0.1, 0.15) is 5.82 Å². The van der Waals surface area contributed by atoms with Crippen LogP contribution >= 0.6 is 0 Å². The summed E-state index contributed by atoms with van der Waals surface area (Å²) < 4.78 is 14.8. The molecule has 2 aromatic rings. The summed E-state index contributed by atoms with van der Waals surface area (Å²) >= 11 is 0.